The van der Waals surface area contributed by atoms with Crippen molar-refractivity contribution in [3.8, 4) is 0 Å². The minimum absolute atomic E-state index is 0.299. The molecule has 0 atom stereocenters. The summed E-state index contributed by atoms with van der Waals surface area (Å²) in [6, 6.07) is 20.0. The third kappa shape index (κ3) is 2.85. The van der Waals surface area contributed by atoms with Gasteiger partial charge in [0, 0.05) is 6.42 Å². The molecule has 0 amide bonds. The minimum Gasteiger partial charge on any atom is -0.265 e. The van der Waals surface area contributed by atoms with Crippen LogP contribution in [0.3, 0.4) is 0 Å². The molecule has 0 aliphatic carbocycles. The van der Waals surface area contributed by atoms with Gasteiger partial charge in [-0.3, -0.25) is 4.68 Å². The number of benzene rings is 2. The first-order valence-electron chi connectivity index (χ1n) is 6.55. The van der Waals surface area contributed by atoms with Crippen molar-refractivity contribution >= 4 is 0 Å². The fraction of sp³-hybridized carbons (Fsp3) is 0.125. The number of rotatable bonds is 4. The molecule has 1 aromatic heterocycles. The van der Waals surface area contributed by atoms with Crippen LogP contribution in [0.25, 0.3) is 0 Å². The Morgan fingerprint density at radius 1 is 0.900 bits per heavy atom. The summed E-state index contributed by atoms with van der Waals surface area (Å²) in [5, 5.41) is 2.76. The quantitative estimate of drug-likeness (QED) is 0.786. The number of nitrogens with one attached hydrogen (secondary N) is 1. The van der Waals surface area contributed by atoms with E-state index in [2.05, 4.69) is 10.1 Å². The van der Waals surface area contributed by atoms with E-state index in [1.807, 2.05) is 65.3 Å². The van der Waals surface area contributed by atoms with Gasteiger partial charge in [0.1, 0.15) is 5.82 Å². The van der Waals surface area contributed by atoms with E-state index in [1.165, 1.54) is 0 Å². The van der Waals surface area contributed by atoms with Gasteiger partial charge in [-0.1, -0.05) is 60.7 Å². The van der Waals surface area contributed by atoms with Gasteiger partial charge in [-0.05, 0) is 11.1 Å². The lowest BCUT2D eigenvalue weighted by Gasteiger charge is -2.07. The van der Waals surface area contributed by atoms with Crippen LogP contribution in [0.15, 0.2) is 65.5 Å². The Labute approximate surface area is 116 Å². The average Bonchev–Trinajstić information content (AvgIpc) is 2.81. The molecule has 0 saturated heterocycles. The van der Waals surface area contributed by atoms with Crippen molar-refractivity contribution < 1.29 is 0 Å². The maximum atomic E-state index is 11.5. The summed E-state index contributed by atoms with van der Waals surface area (Å²) in [5.74, 6) is 0.755. The van der Waals surface area contributed by atoms with Crippen molar-refractivity contribution in [1.82, 2.24) is 14.8 Å². The highest BCUT2D eigenvalue weighted by Gasteiger charge is 2.07. The van der Waals surface area contributed by atoms with Crippen LogP contribution >= 0.6 is 0 Å². The molecule has 1 N–H and O–H groups in total. The molecule has 20 heavy (non-hydrogen) atoms. The van der Waals surface area contributed by atoms with Gasteiger partial charge in [-0.25, -0.2) is 9.89 Å². The molecule has 0 saturated carbocycles. The van der Waals surface area contributed by atoms with E-state index in [4.69, 9.17) is 0 Å². The highest BCUT2D eigenvalue weighted by molar-refractivity contribution is 5.20. The van der Waals surface area contributed by atoms with Gasteiger partial charge in [-0.15, -0.1) is 0 Å². The highest BCUT2D eigenvalue weighted by atomic mass is 16.1. The Morgan fingerprint density at radius 2 is 1.50 bits per heavy atom. The molecule has 1 heterocycles. The van der Waals surface area contributed by atoms with Crippen LogP contribution in [-0.4, -0.2) is 14.8 Å². The van der Waals surface area contributed by atoms with Crippen LogP contribution in [0.4, 0.5) is 0 Å². The summed E-state index contributed by atoms with van der Waals surface area (Å²) in [6.45, 7) is 0.623. The number of aromatic nitrogens is 3. The SMILES string of the molecule is O=c1nc(Cc2ccccc2)n(Cc2ccccc2)[nH]1. The zero-order valence-corrected chi connectivity index (χ0v) is 11.0. The highest BCUT2D eigenvalue weighted by Crippen LogP contribution is 2.08. The van der Waals surface area contributed by atoms with E-state index in [9.17, 15) is 4.79 Å². The zero-order valence-electron chi connectivity index (χ0n) is 11.0. The second kappa shape index (κ2) is 5.57. The third-order valence-electron chi connectivity index (χ3n) is 3.16. The van der Waals surface area contributed by atoms with Gasteiger partial charge in [0.2, 0.25) is 0 Å². The zero-order chi connectivity index (χ0) is 13.8. The molecule has 0 radical (unpaired) electrons. The number of aromatic amines is 1. The lowest BCUT2D eigenvalue weighted by molar-refractivity contribution is 0.644. The molecule has 0 aliphatic rings. The number of nitrogens with zero attached hydrogens (tertiary/aromatic N) is 2. The lowest BCUT2D eigenvalue weighted by Crippen LogP contribution is -2.09. The molecule has 4 heteroatoms. The minimum atomic E-state index is -0.299. The first-order valence-corrected chi connectivity index (χ1v) is 6.55. The maximum Gasteiger partial charge on any atom is 0.361 e. The van der Waals surface area contributed by atoms with E-state index in [0.717, 1.165) is 17.0 Å². The smallest absolute Gasteiger partial charge is 0.265 e. The Morgan fingerprint density at radius 3 is 2.15 bits per heavy atom. The van der Waals surface area contributed by atoms with Crippen LogP contribution in [0.5, 0.6) is 0 Å². The van der Waals surface area contributed by atoms with E-state index >= 15 is 0 Å². The summed E-state index contributed by atoms with van der Waals surface area (Å²) < 4.78 is 1.81. The van der Waals surface area contributed by atoms with Crippen LogP contribution in [-0.2, 0) is 13.0 Å². The van der Waals surface area contributed by atoms with Crippen molar-refractivity contribution in [3.63, 3.8) is 0 Å². The van der Waals surface area contributed by atoms with Gasteiger partial charge in [0.05, 0.1) is 6.54 Å². The first-order chi connectivity index (χ1) is 9.81. The van der Waals surface area contributed by atoms with E-state index < -0.39 is 0 Å². The molecule has 4 nitrogen and oxygen atoms in total. The maximum absolute atomic E-state index is 11.5. The Bertz CT molecular complexity index is 667. The molecule has 2 aromatic carbocycles. The fourth-order valence-corrected chi connectivity index (χ4v) is 2.19. The Hall–Kier alpha value is -2.62. The summed E-state index contributed by atoms with van der Waals surface area (Å²) in [4.78, 5) is 15.6. The fourth-order valence-electron chi connectivity index (χ4n) is 2.19. The largest absolute Gasteiger partial charge is 0.361 e. The third-order valence-corrected chi connectivity index (χ3v) is 3.16. The van der Waals surface area contributed by atoms with Gasteiger partial charge in [0.25, 0.3) is 0 Å². The first kappa shape index (κ1) is 12.4. The monoisotopic (exact) mass is 265 g/mol. The Kier molecular flexibility index (Phi) is 3.46. The molecule has 0 unspecified atom stereocenters. The second-order valence-electron chi connectivity index (χ2n) is 4.68. The number of H-pyrrole nitrogens is 1. The summed E-state index contributed by atoms with van der Waals surface area (Å²) >= 11 is 0. The van der Waals surface area contributed by atoms with Gasteiger partial charge in [0.15, 0.2) is 0 Å². The predicted octanol–water partition coefficient (Wildman–Crippen LogP) is 2.21. The molecular formula is C16H15N3O. The predicted molar refractivity (Wildman–Crippen MR) is 77.6 cm³/mol. The number of hydrogen-bond acceptors (Lipinski definition) is 2. The van der Waals surface area contributed by atoms with Crippen molar-refractivity contribution in [3.05, 3.63) is 88.1 Å². The van der Waals surface area contributed by atoms with Gasteiger partial charge >= 0.3 is 5.69 Å². The molecule has 0 bridgehead atoms. The Balaban J connectivity index is 1.87. The molecule has 0 spiro atoms. The molecule has 0 fully saturated rings. The molecule has 3 aromatic rings. The van der Waals surface area contributed by atoms with Gasteiger partial charge < -0.3 is 0 Å². The standard InChI is InChI=1S/C16H15N3O/c20-16-17-15(11-13-7-3-1-4-8-13)19(18-16)12-14-9-5-2-6-10-14/h1-10H,11-12H2,(H,18,20). The topological polar surface area (TPSA) is 50.7 Å². The normalized spacial score (nSPS) is 10.6. The van der Waals surface area contributed by atoms with Crippen LogP contribution < -0.4 is 5.69 Å². The van der Waals surface area contributed by atoms with Crippen molar-refractivity contribution in [1.29, 1.82) is 0 Å². The molecular weight excluding hydrogens is 250 g/mol. The van der Waals surface area contributed by atoms with E-state index in [1.54, 1.807) is 0 Å². The van der Waals surface area contributed by atoms with E-state index in [0.29, 0.717) is 13.0 Å². The van der Waals surface area contributed by atoms with Gasteiger partial charge in [-0.2, -0.15) is 4.98 Å². The average molecular weight is 265 g/mol. The van der Waals surface area contributed by atoms with Crippen LogP contribution in [0.1, 0.15) is 17.0 Å². The number of hydrogen-bond donors (Lipinski definition) is 1. The van der Waals surface area contributed by atoms with Crippen molar-refractivity contribution in [2.45, 2.75) is 13.0 Å². The summed E-state index contributed by atoms with van der Waals surface area (Å²) in [7, 11) is 0. The molecule has 3 rings (SSSR count). The summed E-state index contributed by atoms with van der Waals surface area (Å²) in [5.41, 5.74) is 1.98. The van der Waals surface area contributed by atoms with E-state index in [-0.39, 0.29) is 5.69 Å². The summed E-state index contributed by atoms with van der Waals surface area (Å²) in [6.07, 6.45) is 0.645. The second-order valence-corrected chi connectivity index (χ2v) is 4.68. The van der Waals surface area contributed by atoms with Crippen molar-refractivity contribution in [2.24, 2.45) is 0 Å². The lowest BCUT2D eigenvalue weighted by atomic mass is 10.1. The van der Waals surface area contributed by atoms with Crippen LogP contribution in [0, 0.1) is 0 Å². The molecule has 100 valence electrons. The molecule has 0 aliphatic heterocycles. The van der Waals surface area contributed by atoms with Crippen LogP contribution in [0.2, 0.25) is 0 Å². The van der Waals surface area contributed by atoms with Crippen molar-refractivity contribution in [2.75, 3.05) is 0 Å².